The minimum atomic E-state index is -0.862. The molecule has 3 N–H and O–H groups in total. The molecule has 0 bridgehead atoms. The molecule has 0 saturated carbocycles. The Morgan fingerprint density at radius 3 is 1.15 bits per heavy atom. The van der Waals surface area contributed by atoms with Crippen LogP contribution in [0.5, 0.6) is 0 Å². The number of nitrogens with one attached hydrogen (secondary N) is 1. The molecule has 4 nitrogen and oxygen atoms in total. The number of allylic oxidation sites excluding steroid dienone is 13. The lowest BCUT2D eigenvalue weighted by Gasteiger charge is -2.19. The third kappa shape index (κ3) is 48.5. The first-order valence-electron chi connectivity index (χ1n) is 26.3. The highest BCUT2D eigenvalue weighted by atomic mass is 16.3. The smallest absolute Gasteiger partial charge is 0.220 e. The lowest BCUT2D eigenvalue weighted by atomic mass is 10.0. The van der Waals surface area contributed by atoms with Gasteiger partial charge in [0, 0.05) is 6.42 Å². The van der Waals surface area contributed by atoms with Gasteiger partial charge in [0.15, 0.2) is 0 Å². The van der Waals surface area contributed by atoms with Crippen molar-refractivity contribution in [3.8, 4) is 0 Å². The van der Waals surface area contributed by atoms with Crippen LogP contribution in [0.2, 0.25) is 0 Å². The maximum Gasteiger partial charge on any atom is 0.220 e. The van der Waals surface area contributed by atoms with E-state index >= 15 is 0 Å². The Kier molecular flexibility index (Phi) is 49.8. The highest BCUT2D eigenvalue weighted by Gasteiger charge is 2.17. The fourth-order valence-electron chi connectivity index (χ4n) is 7.63. The van der Waals surface area contributed by atoms with E-state index in [1.807, 2.05) is 6.08 Å². The Morgan fingerprint density at radius 1 is 0.410 bits per heavy atom. The molecule has 0 rings (SSSR count). The number of carbonyl (C=O) groups is 1. The van der Waals surface area contributed by atoms with Gasteiger partial charge < -0.3 is 15.5 Å². The lowest BCUT2D eigenvalue weighted by molar-refractivity contribution is -0.123. The van der Waals surface area contributed by atoms with Gasteiger partial charge in [-0.05, 0) is 77.0 Å². The zero-order chi connectivity index (χ0) is 44.2. The molecule has 0 aliphatic rings. The van der Waals surface area contributed by atoms with Gasteiger partial charge in [0.25, 0.3) is 0 Å². The molecule has 0 heterocycles. The minimum Gasteiger partial charge on any atom is -0.394 e. The molecule has 2 atom stereocenters. The van der Waals surface area contributed by atoms with Crippen molar-refractivity contribution in [3.63, 3.8) is 0 Å². The van der Waals surface area contributed by atoms with Gasteiger partial charge in [-0.15, -0.1) is 0 Å². The van der Waals surface area contributed by atoms with Crippen molar-refractivity contribution in [2.45, 2.75) is 264 Å². The van der Waals surface area contributed by atoms with Crippen LogP contribution in [-0.4, -0.2) is 34.9 Å². The van der Waals surface area contributed by atoms with Crippen molar-refractivity contribution in [1.29, 1.82) is 0 Å². The predicted molar refractivity (Wildman–Crippen MR) is 271 cm³/mol. The lowest BCUT2D eigenvalue weighted by Crippen LogP contribution is -2.45. The van der Waals surface area contributed by atoms with E-state index in [1.54, 1.807) is 6.08 Å². The highest BCUT2D eigenvalue weighted by molar-refractivity contribution is 5.76. The third-order valence-electron chi connectivity index (χ3n) is 11.6. The van der Waals surface area contributed by atoms with Gasteiger partial charge in [0.1, 0.15) is 0 Å². The van der Waals surface area contributed by atoms with Gasteiger partial charge in [0.2, 0.25) is 5.91 Å². The average molecular weight is 848 g/mol. The largest absolute Gasteiger partial charge is 0.394 e. The van der Waals surface area contributed by atoms with Crippen molar-refractivity contribution in [2.75, 3.05) is 6.61 Å². The number of aliphatic hydroxyl groups excluding tert-OH is 2. The molecule has 0 aliphatic carbocycles. The first kappa shape index (κ1) is 58.6. The molecule has 0 fully saturated rings. The van der Waals surface area contributed by atoms with Crippen LogP contribution in [0.4, 0.5) is 0 Å². The zero-order valence-corrected chi connectivity index (χ0v) is 40.4. The summed E-state index contributed by atoms with van der Waals surface area (Å²) in [5.41, 5.74) is 0. The number of unbranched alkanes of at least 4 members (excludes halogenated alkanes) is 28. The topological polar surface area (TPSA) is 69.6 Å². The molecule has 61 heavy (non-hydrogen) atoms. The normalized spacial score (nSPS) is 13.6. The van der Waals surface area contributed by atoms with Gasteiger partial charge in [-0.1, -0.05) is 253 Å². The van der Waals surface area contributed by atoms with Crippen LogP contribution in [0, 0.1) is 0 Å². The van der Waals surface area contributed by atoms with Crippen LogP contribution in [0.3, 0.4) is 0 Å². The number of hydrogen-bond acceptors (Lipinski definition) is 3. The Labute approximate surface area is 380 Å². The van der Waals surface area contributed by atoms with E-state index in [1.165, 1.54) is 167 Å². The summed E-state index contributed by atoms with van der Waals surface area (Å²) in [6.45, 7) is 4.17. The van der Waals surface area contributed by atoms with E-state index in [9.17, 15) is 15.0 Å². The van der Waals surface area contributed by atoms with Crippen molar-refractivity contribution >= 4 is 5.91 Å². The average Bonchev–Trinajstić information content (AvgIpc) is 3.26. The number of carbonyl (C=O) groups excluding carboxylic acids is 1. The fraction of sp³-hybridized carbons (Fsp3) is 0.737. The maximum atomic E-state index is 12.4. The van der Waals surface area contributed by atoms with Crippen molar-refractivity contribution in [3.05, 3.63) is 85.1 Å². The van der Waals surface area contributed by atoms with Crippen LogP contribution in [0.1, 0.15) is 251 Å². The second kappa shape index (κ2) is 51.9. The van der Waals surface area contributed by atoms with Gasteiger partial charge in [-0.25, -0.2) is 0 Å². The molecule has 0 aromatic rings. The first-order valence-corrected chi connectivity index (χ1v) is 26.3. The fourth-order valence-corrected chi connectivity index (χ4v) is 7.63. The van der Waals surface area contributed by atoms with E-state index in [0.29, 0.717) is 6.42 Å². The van der Waals surface area contributed by atoms with Crippen LogP contribution >= 0.6 is 0 Å². The quantitative estimate of drug-likeness (QED) is 0.0422. The van der Waals surface area contributed by atoms with E-state index in [4.69, 9.17) is 0 Å². The second-order valence-electron chi connectivity index (χ2n) is 17.6. The second-order valence-corrected chi connectivity index (χ2v) is 17.6. The maximum absolute atomic E-state index is 12.4. The van der Waals surface area contributed by atoms with Gasteiger partial charge in [0.05, 0.1) is 18.8 Å². The van der Waals surface area contributed by atoms with Gasteiger partial charge >= 0.3 is 0 Å². The molecule has 0 radical (unpaired) electrons. The van der Waals surface area contributed by atoms with E-state index in [0.717, 1.165) is 64.2 Å². The summed E-state index contributed by atoms with van der Waals surface area (Å²) in [5, 5.41) is 23.0. The van der Waals surface area contributed by atoms with Crippen LogP contribution < -0.4 is 5.32 Å². The summed E-state index contributed by atoms with van der Waals surface area (Å²) in [5.74, 6) is -0.0744. The third-order valence-corrected chi connectivity index (χ3v) is 11.6. The van der Waals surface area contributed by atoms with Crippen molar-refractivity contribution in [2.24, 2.45) is 0 Å². The molecular formula is C57H101NO3. The van der Waals surface area contributed by atoms with Crippen molar-refractivity contribution < 1.29 is 15.0 Å². The molecule has 0 aromatic heterocycles. The Bertz CT molecular complexity index is 1100. The van der Waals surface area contributed by atoms with Gasteiger partial charge in [-0.2, -0.15) is 0 Å². The number of aliphatic hydroxyl groups is 2. The Hall–Kier alpha value is -2.43. The van der Waals surface area contributed by atoms with Gasteiger partial charge in [-0.3, -0.25) is 4.79 Å². The monoisotopic (exact) mass is 848 g/mol. The van der Waals surface area contributed by atoms with Crippen LogP contribution in [0.25, 0.3) is 0 Å². The van der Waals surface area contributed by atoms with E-state index in [-0.39, 0.29) is 12.5 Å². The molecule has 0 aliphatic heterocycles. The SMILES string of the molecule is CC/C=C\C/C=C\C/C=C\C/C=C\C/C=C\CCCCCCCCCCCCCCCCCCCCCCCC(=O)NC(CO)C(O)/C=C/CC/C=C/CCCCCCCC. The molecule has 4 heteroatoms. The molecule has 1 amide bonds. The molecule has 352 valence electrons. The molecule has 0 saturated heterocycles. The summed E-state index contributed by atoms with van der Waals surface area (Å²) in [7, 11) is 0. The van der Waals surface area contributed by atoms with Crippen LogP contribution in [-0.2, 0) is 4.79 Å². The molecular weight excluding hydrogens is 747 g/mol. The van der Waals surface area contributed by atoms with E-state index in [2.05, 4.69) is 92.1 Å². The first-order chi connectivity index (χ1) is 30.2. The predicted octanol–water partition coefficient (Wildman–Crippen LogP) is 17.2. The summed E-state index contributed by atoms with van der Waals surface area (Å²) in [6.07, 6.45) is 76.0. The number of rotatable bonds is 47. The molecule has 2 unspecified atom stereocenters. The summed E-state index contributed by atoms with van der Waals surface area (Å²) < 4.78 is 0. The van der Waals surface area contributed by atoms with Crippen LogP contribution in [0.15, 0.2) is 85.1 Å². The number of hydrogen-bond donors (Lipinski definition) is 3. The minimum absolute atomic E-state index is 0.0744. The Balaban J connectivity index is 3.45. The zero-order valence-electron chi connectivity index (χ0n) is 40.4. The molecule has 0 spiro atoms. The highest BCUT2D eigenvalue weighted by Crippen LogP contribution is 2.16. The standard InChI is InChI=1S/C57H101NO3/c1-3-5-7-9-11-13-15-17-18-19-20-21-22-23-24-25-26-27-28-29-30-31-32-33-34-35-36-37-38-39-40-41-43-45-47-49-51-53-57(61)58-55(54-59)56(60)52-50-48-46-44-42-16-14-12-10-8-6-4-2/h5,7,11,13,17-18,20-21,23-24,42,44,50,52,55-56,59-60H,3-4,6,8-10,12,14-16,19,22,25-41,43,45-49,51,53-54H2,1-2H3,(H,58,61)/b7-5-,13-11-,18-17-,21-20-,24-23-,44-42+,52-50+. The molecule has 0 aromatic carbocycles. The summed E-state index contributed by atoms with van der Waals surface area (Å²) >= 11 is 0. The van der Waals surface area contributed by atoms with E-state index < -0.39 is 12.1 Å². The summed E-state index contributed by atoms with van der Waals surface area (Å²) in [6, 6.07) is -0.639. The Morgan fingerprint density at radius 2 is 0.738 bits per heavy atom. The van der Waals surface area contributed by atoms with Crippen molar-refractivity contribution in [1.82, 2.24) is 5.32 Å². The summed E-state index contributed by atoms with van der Waals surface area (Å²) in [4.78, 5) is 12.4. The number of amides is 1.